The number of methoxy groups -OCH3 is 1. The van der Waals surface area contributed by atoms with Crippen LogP contribution in [0.5, 0.6) is 11.5 Å². The minimum Gasteiger partial charge on any atom is -0.497 e. The molecule has 0 bridgehead atoms. The third kappa shape index (κ3) is 3.17. The van der Waals surface area contributed by atoms with Crippen molar-refractivity contribution in [2.24, 2.45) is 0 Å². The number of ether oxygens (including phenoxy) is 2. The Morgan fingerprint density at radius 1 is 1.11 bits per heavy atom. The summed E-state index contributed by atoms with van der Waals surface area (Å²) in [6, 6.07) is 13.3. The average Bonchev–Trinajstić information content (AvgIpc) is 2.40. The predicted octanol–water partition coefficient (Wildman–Crippen LogP) is 3.62. The summed E-state index contributed by atoms with van der Waals surface area (Å²) < 4.78 is 11.7. The SMILES string of the molecule is COc1cccc(OCc2ccc(N)c(Br)c2)c1. The maximum Gasteiger partial charge on any atom is 0.123 e. The van der Waals surface area contributed by atoms with Crippen molar-refractivity contribution in [1.82, 2.24) is 0 Å². The molecule has 0 aromatic heterocycles. The minimum absolute atomic E-state index is 0.492. The molecule has 0 fully saturated rings. The van der Waals surface area contributed by atoms with Crippen molar-refractivity contribution < 1.29 is 9.47 Å². The highest BCUT2D eigenvalue weighted by atomic mass is 79.9. The van der Waals surface area contributed by atoms with Crippen LogP contribution in [-0.4, -0.2) is 7.11 Å². The van der Waals surface area contributed by atoms with E-state index in [2.05, 4.69) is 15.9 Å². The molecule has 94 valence electrons. The van der Waals surface area contributed by atoms with E-state index < -0.39 is 0 Å². The van der Waals surface area contributed by atoms with E-state index in [0.29, 0.717) is 6.61 Å². The van der Waals surface area contributed by atoms with Gasteiger partial charge in [-0.2, -0.15) is 0 Å². The zero-order valence-electron chi connectivity index (χ0n) is 10.0. The molecule has 0 spiro atoms. The monoisotopic (exact) mass is 307 g/mol. The van der Waals surface area contributed by atoms with Crippen molar-refractivity contribution in [2.75, 3.05) is 12.8 Å². The van der Waals surface area contributed by atoms with Crippen LogP contribution in [0.1, 0.15) is 5.56 Å². The maximum absolute atomic E-state index is 5.73. The lowest BCUT2D eigenvalue weighted by molar-refractivity contribution is 0.303. The van der Waals surface area contributed by atoms with E-state index in [1.807, 2.05) is 42.5 Å². The summed E-state index contributed by atoms with van der Waals surface area (Å²) in [6.45, 7) is 0.492. The van der Waals surface area contributed by atoms with E-state index >= 15 is 0 Å². The number of nitrogen functional groups attached to an aromatic ring is 1. The first-order chi connectivity index (χ1) is 8.69. The normalized spacial score (nSPS) is 10.1. The van der Waals surface area contributed by atoms with Crippen molar-refractivity contribution in [3.05, 3.63) is 52.5 Å². The van der Waals surface area contributed by atoms with Crippen LogP contribution in [0.4, 0.5) is 5.69 Å². The van der Waals surface area contributed by atoms with Gasteiger partial charge in [-0.3, -0.25) is 0 Å². The molecule has 0 aliphatic heterocycles. The fourth-order valence-electron chi connectivity index (χ4n) is 1.52. The van der Waals surface area contributed by atoms with Crippen LogP contribution >= 0.6 is 15.9 Å². The quantitative estimate of drug-likeness (QED) is 0.877. The molecule has 0 amide bonds. The van der Waals surface area contributed by atoms with Gasteiger partial charge >= 0.3 is 0 Å². The molecule has 0 heterocycles. The van der Waals surface area contributed by atoms with Crippen molar-refractivity contribution in [1.29, 1.82) is 0 Å². The molecular formula is C14H14BrNO2. The Balaban J connectivity index is 2.04. The molecule has 3 nitrogen and oxygen atoms in total. The van der Waals surface area contributed by atoms with Crippen LogP contribution in [0.3, 0.4) is 0 Å². The lowest BCUT2D eigenvalue weighted by Crippen LogP contribution is -1.97. The van der Waals surface area contributed by atoms with Gasteiger partial charge in [-0.1, -0.05) is 12.1 Å². The topological polar surface area (TPSA) is 44.5 Å². The van der Waals surface area contributed by atoms with Gasteiger partial charge in [0, 0.05) is 16.2 Å². The number of rotatable bonds is 4. The molecule has 0 saturated heterocycles. The van der Waals surface area contributed by atoms with Gasteiger partial charge < -0.3 is 15.2 Å². The Bertz CT molecular complexity index is 543. The molecule has 0 aliphatic carbocycles. The average molecular weight is 308 g/mol. The van der Waals surface area contributed by atoms with E-state index in [1.54, 1.807) is 7.11 Å². The summed E-state index contributed by atoms with van der Waals surface area (Å²) in [4.78, 5) is 0. The highest BCUT2D eigenvalue weighted by Crippen LogP contribution is 2.23. The third-order valence-corrected chi connectivity index (χ3v) is 3.20. The number of anilines is 1. The van der Waals surface area contributed by atoms with Crippen LogP contribution in [0, 0.1) is 0 Å². The van der Waals surface area contributed by atoms with E-state index in [1.165, 1.54) is 0 Å². The van der Waals surface area contributed by atoms with Gasteiger partial charge in [0.25, 0.3) is 0 Å². The molecule has 2 N–H and O–H groups in total. The van der Waals surface area contributed by atoms with E-state index in [-0.39, 0.29) is 0 Å². The first-order valence-corrected chi connectivity index (χ1v) is 6.29. The second kappa shape index (κ2) is 5.78. The molecule has 4 heteroatoms. The second-order valence-electron chi connectivity index (χ2n) is 3.82. The highest BCUT2D eigenvalue weighted by Gasteiger charge is 2.00. The molecule has 0 atom stereocenters. The Kier molecular flexibility index (Phi) is 4.10. The minimum atomic E-state index is 0.492. The van der Waals surface area contributed by atoms with Gasteiger partial charge in [0.1, 0.15) is 18.1 Å². The summed E-state index contributed by atoms with van der Waals surface area (Å²) in [5.41, 5.74) is 7.51. The van der Waals surface area contributed by atoms with Crippen molar-refractivity contribution in [3.8, 4) is 11.5 Å². The number of halogens is 1. The first kappa shape index (κ1) is 12.8. The van der Waals surface area contributed by atoms with Gasteiger partial charge in [-0.25, -0.2) is 0 Å². The van der Waals surface area contributed by atoms with Crippen LogP contribution < -0.4 is 15.2 Å². The fourth-order valence-corrected chi connectivity index (χ4v) is 1.94. The smallest absolute Gasteiger partial charge is 0.123 e. The third-order valence-electron chi connectivity index (χ3n) is 2.51. The van der Waals surface area contributed by atoms with Crippen LogP contribution in [0.25, 0.3) is 0 Å². The fraction of sp³-hybridized carbons (Fsp3) is 0.143. The zero-order chi connectivity index (χ0) is 13.0. The van der Waals surface area contributed by atoms with E-state index in [0.717, 1.165) is 27.2 Å². The van der Waals surface area contributed by atoms with Gasteiger partial charge in [-0.15, -0.1) is 0 Å². The number of hydrogen-bond acceptors (Lipinski definition) is 3. The molecule has 2 aromatic rings. The summed E-state index contributed by atoms with van der Waals surface area (Å²) in [5.74, 6) is 1.56. The van der Waals surface area contributed by atoms with Gasteiger partial charge in [0.05, 0.1) is 7.11 Å². The number of nitrogens with two attached hydrogens (primary N) is 1. The number of benzene rings is 2. The van der Waals surface area contributed by atoms with Gasteiger partial charge in [-0.05, 0) is 45.8 Å². The molecular weight excluding hydrogens is 294 g/mol. The molecule has 2 aromatic carbocycles. The Morgan fingerprint density at radius 3 is 2.61 bits per heavy atom. The molecule has 2 rings (SSSR count). The van der Waals surface area contributed by atoms with Crippen molar-refractivity contribution >= 4 is 21.6 Å². The second-order valence-corrected chi connectivity index (χ2v) is 4.68. The predicted molar refractivity (Wildman–Crippen MR) is 75.9 cm³/mol. The Hall–Kier alpha value is -1.68. The van der Waals surface area contributed by atoms with Crippen molar-refractivity contribution in [2.45, 2.75) is 6.61 Å². The highest BCUT2D eigenvalue weighted by molar-refractivity contribution is 9.10. The van der Waals surface area contributed by atoms with Crippen LogP contribution in [-0.2, 0) is 6.61 Å². The Labute approximate surface area is 115 Å². The molecule has 0 radical (unpaired) electrons. The molecule has 18 heavy (non-hydrogen) atoms. The van der Waals surface area contributed by atoms with E-state index in [4.69, 9.17) is 15.2 Å². The Morgan fingerprint density at radius 2 is 1.89 bits per heavy atom. The van der Waals surface area contributed by atoms with Crippen LogP contribution in [0.15, 0.2) is 46.9 Å². The summed E-state index contributed by atoms with van der Waals surface area (Å²) in [6.07, 6.45) is 0. The maximum atomic E-state index is 5.73. The lowest BCUT2D eigenvalue weighted by atomic mass is 10.2. The summed E-state index contributed by atoms with van der Waals surface area (Å²) in [5, 5.41) is 0. The summed E-state index contributed by atoms with van der Waals surface area (Å²) >= 11 is 3.39. The van der Waals surface area contributed by atoms with E-state index in [9.17, 15) is 0 Å². The van der Waals surface area contributed by atoms with Gasteiger partial charge in [0.2, 0.25) is 0 Å². The van der Waals surface area contributed by atoms with Gasteiger partial charge in [0.15, 0.2) is 0 Å². The van der Waals surface area contributed by atoms with Crippen LogP contribution in [0.2, 0.25) is 0 Å². The largest absolute Gasteiger partial charge is 0.497 e. The number of hydrogen-bond donors (Lipinski definition) is 1. The standard InChI is InChI=1S/C14H14BrNO2/c1-17-11-3-2-4-12(8-11)18-9-10-5-6-14(16)13(15)7-10/h2-8H,9,16H2,1H3. The summed E-state index contributed by atoms with van der Waals surface area (Å²) in [7, 11) is 1.64. The first-order valence-electron chi connectivity index (χ1n) is 5.50. The zero-order valence-corrected chi connectivity index (χ0v) is 11.6. The molecule has 0 saturated carbocycles. The lowest BCUT2D eigenvalue weighted by Gasteiger charge is -2.08. The van der Waals surface area contributed by atoms with Crippen molar-refractivity contribution in [3.63, 3.8) is 0 Å². The molecule has 0 aliphatic rings. The molecule has 0 unspecified atom stereocenters.